The smallest absolute Gasteiger partial charge is 0.221 e. The van der Waals surface area contributed by atoms with Gasteiger partial charge >= 0.3 is 0 Å². The number of fused-ring (bicyclic) bond motifs is 1. The van der Waals surface area contributed by atoms with Crippen LogP contribution in [-0.2, 0) is 13.5 Å². The fraction of sp³-hybridized carbons (Fsp3) is 0.321. The van der Waals surface area contributed by atoms with Crippen LogP contribution in [0.5, 0.6) is 0 Å². The number of benzene rings is 2. The van der Waals surface area contributed by atoms with Gasteiger partial charge in [0.25, 0.3) is 0 Å². The maximum Gasteiger partial charge on any atom is 0.221 e. The second kappa shape index (κ2) is 7.88. The molecule has 0 radical (unpaired) electrons. The lowest BCUT2D eigenvalue weighted by Crippen LogP contribution is -2.33. The molecule has 31 heavy (non-hydrogen) atoms. The summed E-state index contributed by atoms with van der Waals surface area (Å²) in [6.45, 7) is 13.2. The molecule has 0 saturated heterocycles. The Morgan fingerprint density at radius 2 is 1.55 bits per heavy atom. The van der Waals surface area contributed by atoms with Crippen molar-refractivity contribution in [1.82, 2.24) is 9.97 Å². The van der Waals surface area contributed by atoms with Crippen molar-refractivity contribution >= 4 is 10.9 Å². The third kappa shape index (κ3) is 4.23. The predicted molar refractivity (Wildman–Crippen MR) is 129 cm³/mol. The molecular weight excluding hydrogens is 378 g/mol. The van der Waals surface area contributed by atoms with Gasteiger partial charge in [0.1, 0.15) is 12.9 Å². The molecule has 158 valence electrons. The summed E-state index contributed by atoms with van der Waals surface area (Å²) in [7, 11) is 2.16. The van der Waals surface area contributed by atoms with Crippen LogP contribution in [0.2, 0.25) is 0 Å². The number of nitrogens with zero attached hydrogens (tertiary/aromatic N) is 3. The van der Waals surface area contributed by atoms with Crippen molar-refractivity contribution in [2.24, 2.45) is 12.5 Å². The Hall–Kier alpha value is -3.07. The monoisotopic (exact) mass is 410 g/mol. The summed E-state index contributed by atoms with van der Waals surface area (Å²) in [6, 6.07) is 15.4. The van der Waals surface area contributed by atoms with Gasteiger partial charge in [0.05, 0.1) is 11.1 Å². The van der Waals surface area contributed by atoms with Gasteiger partial charge in [0, 0.05) is 35.8 Å². The first-order chi connectivity index (χ1) is 14.6. The Morgan fingerprint density at radius 1 is 0.871 bits per heavy atom. The minimum atomic E-state index is 0.165. The second-order valence-electron chi connectivity index (χ2n) is 9.90. The zero-order valence-corrected chi connectivity index (χ0v) is 19.7. The summed E-state index contributed by atoms with van der Waals surface area (Å²) >= 11 is 0. The van der Waals surface area contributed by atoms with Crippen LogP contribution >= 0.6 is 0 Å². The van der Waals surface area contributed by atoms with Crippen LogP contribution in [0.25, 0.3) is 33.3 Å². The average Bonchev–Trinajstić information content (AvgIpc) is 2.70. The average molecular weight is 411 g/mol. The number of para-hydroxylation sites is 1. The quantitative estimate of drug-likeness (QED) is 0.371. The van der Waals surface area contributed by atoms with Crippen LogP contribution in [0.1, 0.15) is 43.3 Å². The van der Waals surface area contributed by atoms with Gasteiger partial charge < -0.3 is 0 Å². The highest BCUT2D eigenvalue weighted by molar-refractivity contribution is 5.88. The molecule has 4 rings (SSSR count). The minimum Gasteiger partial charge on any atom is -0.241 e. The number of pyridine rings is 1. The van der Waals surface area contributed by atoms with Gasteiger partial charge in [-0.05, 0) is 55.5 Å². The van der Waals surface area contributed by atoms with Crippen LogP contribution in [0.4, 0.5) is 0 Å². The lowest BCUT2D eigenvalue weighted by molar-refractivity contribution is -0.633. The Morgan fingerprint density at radius 3 is 2.23 bits per heavy atom. The molecule has 0 amide bonds. The summed E-state index contributed by atoms with van der Waals surface area (Å²) in [5, 5.41) is 1.21. The molecule has 0 N–H and O–H groups in total. The Labute approximate surface area is 185 Å². The fourth-order valence-electron chi connectivity index (χ4n) is 4.33. The summed E-state index contributed by atoms with van der Waals surface area (Å²) in [5.74, 6) is 0.894. The zero-order chi connectivity index (χ0) is 22.3. The maximum atomic E-state index is 4.72. The molecule has 2 heterocycles. The van der Waals surface area contributed by atoms with E-state index < -0.39 is 0 Å². The number of rotatable bonds is 3. The summed E-state index contributed by atoms with van der Waals surface area (Å²) in [4.78, 5) is 9.44. The molecule has 2 aromatic heterocycles. The third-order valence-electron chi connectivity index (χ3n) is 5.96. The van der Waals surface area contributed by atoms with Crippen LogP contribution < -0.4 is 4.57 Å². The number of hydrogen-bond donors (Lipinski definition) is 0. The van der Waals surface area contributed by atoms with E-state index in [0.717, 1.165) is 23.4 Å². The van der Waals surface area contributed by atoms with Gasteiger partial charge in [0.15, 0.2) is 0 Å². The Balaban J connectivity index is 1.98. The van der Waals surface area contributed by atoms with Crippen molar-refractivity contribution < 1.29 is 4.57 Å². The first-order valence-corrected chi connectivity index (χ1v) is 11.0. The summed E-state index contributed by atoms with van der Waals surface area (Å²) in [5.41, 5.74) is 9.95. The van der Waals surface area contributed by atoms with E-state index in [4.69, 9.17) is 9.97 Å². The van der Waals surface area contributed by atoms with Crippen molar-refractivity contribution in [1.29, 1.82) is 0 Å². The lowest BCUT2D eigenvalue weighted by Gasteiger charge is -2.17. The van der Waals surface area contributed by atoms with Gasteiger partial charge in [-0.2, -0.15) is 4.57 Å². The molecule has 0 aliphatic rings. The molecule has 0 spiro atoms. The van der Waals surface area contributed by atoms with E-state index >= 15 is 0 Å². The topological polar surface area (TPSA) is 29.7 Å². The Kier molecular flexibility index (Phi) is 5.38. The van der Waals surface area contributed by atoms with E-state index in [1.54, 1.807) is 0 Å². The van der Waals surface area contributed by atoms with Crippen molar-refractivity contribution in [2.45, 2.75) is 48.0 Å². The molecule has 0 aliphatic heterocycles. The summed E-state index contributed by atoms with van der Waals surface area (Å²) < 4.78 is 2.31. The van der Waals surface area contributed by atoms with E-state index in [9.17, 15) is 0 Å². The van der Waals surface area contributed by atoms with E-state index in [1.165, 1.54) is 38.9 Å². The number of aromatic nitrogens is 3. The molecule has 0 aliphatic carbocycles. The van der Waals surface area contributed by atoms with Crippen molar-refractivity contribution in [2.75, 3.05) is 0 Å². The number of hydrogen-bond acceptors (Lipinski definition) is 2. The lowest BCUT2D eigenvalue weighted by atomic mass is 9.91. The van der Waals surface area contributed by atoms with Crippen LogP contribution in [0.15, 0.2) is 54.9 Å². The molecule has 0 bridgehead atoms. The van der Waals surface area contributed by atoms with Gasteiger partial charge in [-0.15, -0.1) is 0 Å². The number of aryl methyl sites for hydroxylation is 3. The van der Waals surface area contributed by atoms with E-state index in [0.29, 0.717) is 0 Å². The van der Waals surface area contributed by atoms with Crippen LogP contribution in [-0.4, -0.2) is 9.97 Å². The van der Waals surface area contributed by atoms with Crippen molar-refractivity contribution in [3.8, 4) is 22.4 Å². The molecule has 0 atom stereocenters. The van der Waals surface area contributed by atoms with Gasteiger partial charge in [0.2, 0.25) is 11.2 Å². The molecule has 3 heteroatoms. The first-order valence-electron chi connectivity index (χ1n) is 11.0. The largest absolute Gasteiger partial charge is 0.241 e. The molecule has 3 nitrogen and oxygen atoms in total. The molecule has 0 unspecified atom stereocenters. The molecule has 0 saturated carbocycles. The molecule has 4 aromatic rings. The SMILES string of the molecule is Cc1cc(C)c(C)c(-c2c(-c3cnc(CC(C)(C)C)nc3)cc3ccccc3[n+]2C)c1. The normalized spacial score (nSPS) is 11.8. The molecule has 2 aromatic carbocycles. The maximum absolute atomic E-state index is 4.72. The van der Waals surface area contributed by atoms with E-state index in [-0.39, 0.29) is 5.41 Å². The highest BCUT2D eigenvalue weighted by atomic mass is 14.9. The standard InChI is InChI=1S/C28H32N3/c1-18-12-19(2)20(3)23(13-18)27-24(14-21-10-8-9-11-25(21)31(27)7)22-16-29-26(30-17-22)15-28(4,5)6/h8-14,16-17H,15H2,1-7H3/q+1. The van der Waals surface area contributed by atoms with Gasteiger partial charge in [-0.3, -0.25) is 0 Å². The Bertz CT molecular complexity index is 1260. The first kappa shape index (κ1) is 21.2. The summed E-state index contributed by atoms with van der Waals surface area (Å²) in [6.07, 6.45) is 4.83. The van der Waals surface area contributed by atoms with Crippen LogP contribution in [0.3, 0.4) is 0 Å². The minimum absolute atomic E-state index is 0.165. The molecule has 0 fully saturated rings. The third-order valence-corrected chi connectivity index (χ3v) is 5.96. The van der Waals surface area contributed by atoms with Gasteiger partial charge in [-0.1, -0.05) is 44.5 Å². The van der Waals surface area contributed by atoms with Gasteiger partial charge in [-0.25, -0.2) is 9.97 Å². The van der Waals surface area contributed by atoms with Crippen molar-refractivity contribution in [3.63, 3.8) is 0 Å². The van der Waals surface area contributed by atoms with E-state index in [2.05, 4.69) is 95.6 Å². The fourth-order valence-corrected chi connectivity index (χ4v) is 4.33. The second-order valence-corrected chi connectivity index (χ2v) is 9.90. The van der Waals surface area contributed by atoms with E-state index in [1.807, 2.05) is 12.4 Å². The zero-order valence-electron chi connectivity index (χ0n) is 19.7. The van der Waals surface area contributed by atoms with Crippen LogP contribution in [0, 0.1) is 26.2 Å². The van der Waals surface area contributed by atoms with Crippen molar-refractivity contribution in [3.05, 3.63) is 77.4 Å². The molecular formula is C28H32N3+. The predicted octanol–water partition coefficient (Wildman–Crippen LogP) is 6.30. The highest BCUT2D eigenvalue weighted by Gasteiger charge is 2.24. The highest BCUT2D eigenvalue weighted by Crippen LogP contribution is 2.35.